The van der Waals surface area contributed by atoms with Gasteiger partial charge in [0.2, 0.25) is 10.0 Å². The summed E-state index contributed by atoms with van der Waals surface area (Å²) in [5.41, 5.74) is 0.697. The van der Waals surface area contributed by atoms with E-state index in [4.69, 9.17) is 0 Å². The molecule has 0 saturated carbocycles. The Kier molecular flexibility index (Phi) is 6.35. The fourth-order valence-electron chi connectivity index (χ4n) is 2.93. The van der Waals surface area contributed by atoms with Gasteiger partial charge in [-0.1, -0.05) is 42.5 Å². The van der Waals surface area contributed by atoms with Crippen LogP contribution in [-0.4, -0.2) is 44.2 Å². The maximum absolute atomic E-state index is 13.1. The summed E-state index contributed by atoms with van der Waals surface area (Å²) in [5, 5.41) is 3.18. The first kappa shape index (κ1) is 19.6. The van der Waals surface area contributed by atoms with Crippen LogP contribution in [0.4, 0.5) is 0 Å². The van der Waals surface area contributed by atoms with Crippen LogP contribution in [0.5, 0.6) is 0 Å². The smallest absolute Gasteiger partial charge is 0.244 e. The lowest BCUT2D eigenvalue weighted by Gasteiger charge is -2.33. The van der Waals surface area contributed by atoms with E-state index in [0.717, 1.165) is 0 Å². The maximum atomic E-state index is 13.1. The quantitative estimate of drug-likeness (QED) is 0.826. The van der Waals surface area contributed by atoms with E-state index in [1.807, 2.05) is 13.0 Å². The third kappa shape index (κ3) is 3.93. The number of carbonyl (C=O) groups is 1. The molecular weight excluding hydrogens is 360 g/mol. The van der Waals surface area contributed by atoms with Crippen LogP contribution in [0, 0.1) is 0 Å². The number of hydrogen-bond acceptors (Lipinski definition) is 4. The third-order valence-corrected chi connectivity index (χ3v) is 6.27. The standard InChI is InChI=1S/C18H20N2O3S.ClH/c1-14-13-19-11-12-20(14)24(22,23)17-10-6-5-9-16(17)18(21)15-7-3-2-4-8-15;/h2-10,14,19H,11-13H2,1H3;1H/t14-;/m1./s1. The number of rotatable bonds is 4. The van der Waals surface area contributed by atoms with Gasteiger partial charge in [0.1, 0.15) is 0 Å². The van der Waals surface area contributed by atoms with E-state index < -0.39 is 10.0 Å². The second kappa shape index (κ2) is 8.10. The lowest BCUT2D eigenvalue weighted by molar-refractivity contribution is 0.103. The molecule has 1 aliphatic heterocycles. The van der Waals surface area contributed by atoms with Gasteiger partial charge in [0.05, 0.1) is 4.90 Å². The first-order valence-electron chi connectivity index (χ1n) is 7.93. The Labute approximate surface area is 154 Å². The van der Waals surface area contributed by atoms with Crippen molar-refractivity contribution in [1.82, 2.24) is 9.62 Å². The Bertz CT molecular complexity index is 840. The lowest BCUT2D eigenvalue weighted by Crippen LogP contribution is -2.52. The van der Waals surface area contributed by atoms with Crippen LogP contribution in [0.3, 0.4) is 0 Å². The fourth-order valence-corrected chi connectivity index (χ4v) is 4.75. The van der Waals surface area contributed by atoms with Gasteiger partial charge in [0, 0.05) is 36.8 Å². The van der Waals surface area contributed by atoms with Crippen molar-refractivity contribution in [3.05, 3.63) is 65.7 Å². The van der Waals surface area contributed by atoms with Gasteiger partial charge in [-0.05, 0) is 19.1 Å². The van der Waals surface area contributed by atoms with E-state index in [1.165, 1.54) is 10.4 Å². The van der Waals surface area contributed by atoms with Gasteiger partial charge in [0.15, 0.2) is 5.78 Å². The van der Waals surface area contributed by atoms with E-state index in [1.54, 1.807) is 42.5 Å². The predicted molar refractivity (Wildman–Crippen MR) is 99.8 cm³/mol. The Morgan fingerprint density at radius 1 is 1.08 bits per heavy atom. The summed E-state index contributed by atoms with van der Waals surface area (Å²) in [6, 6.07) is 15.0. The van der Waals surface area contributed by atoms with Gasteiger partial charge in [-0.15, -0.1) is 12.4 Å². The minimum atomic E-state index is -3.72. The molecule has 1 fully saturated rings. The summed E-state index contributed by atoms with van der Waals surface area (Å²) < 4.78 is 27.7. The molecule has 0 bridgehead atoms. The van der Waals surface area contributed by atoms with Crippen LogP contribution in [0.1, 0.15) is 22.8 Å². The van der Waals surface area contributed by atoms with Crippen LogP contribution in [0.15, 0.2) is 59.5 Å². The van der Waals surface area contributed by atoms with Crippen molar-refractivity contribution in [1.29, 1.82) is 0 Å². The zero-order chi connectivity index (χ0) is 17.2. The Morgan fingerprint density at radius 2 is 1.72 bits per heavy atom. The molecule has 0 unspecified atom stereocenters. The number of nitrogens with one attached hydrogen (secondary N) is 1. The summed E-state index contributed by atoms with van der Waals surface area (Å²) in [6.07, 6.45) is 0. The van der Waals surface area contributed by atoms with Gasteiger partial charge in [0.25, 0.3) is 0 Å². The van der Waals surface area contributed by atoms with Gasteiger partial charge in [-0.3, -0.25) is 4.79 Å². The van der Waals surface area contributed by atoms with Gasteiger partial charge in [-0.2, -0.15) is 4.31 Å². The first-order chi connectivity index (χ1) is 11.5. The number of halogens is 1. The highest BCUT2D eigenvalue weighted by molar-refractivity contribution is 7.89. The highest BCUT2D eigenvalue weighted by Crippen LogP contribution is 2.24. The number of benzene rings is 2. The minimum Gasteiger partial charge on any atom is -0.314 e. The Hall–Kier alpha value is -1.73. The van der Waals surface area contributed by atoms with Gasteiger partial charge in [-0.25, -0.2) is 8.42 Å². The summed E-state index contributed by atoms with van der Waals surface area (Å²) >= 11 is 0. The number of carbonyl (C=O) groups excluding carboxylic acids is 1. The monoisotopic (exact) mass is 380 g/mol. The van der Waals surface area contributed by atoms with Crippen LogP contribution < -0.4 is 5.32 Å². The molecule has 0 aliphatic carbocycles. The summed E-state index contributed by atoms with van der Waals surface area (Å²) in [4.78, 5) is 12.9. The molecule has 134 valence electrons. The molecule has 2 aromatic carbocycles. The maximum Gasteiger partial charge on any atom is 0.244 e. The lowest BCUT2D eigenvalue weighted by atomic mass is 10.0. The molecular formula is C18H21ClN2O3S. The average Bonchev–Trinajstić information content (AvgIpc) is 2.62. The number of ketones is 1. The van der Waals surface area contributed by atoms with Crippen molar-refractivity contribution in [3.8, 4) is 0 Å². The van der Waals surface area contributed by atoms with Gasteiger partial charge >= 0.3 is 0 Å². The van der Waals surface area contributed by atoms with E-state index in [0.29, 0.717) is 25.2 Å². The second-order valence-corrected chi connectivity index (χ2v) is 7.72. The first-order valence-corrected chi connectivity index (χ1v) is 9.37. The minimum absolute atomic E-state index is 0. The second-order valence-electron chi connectivity index (χ2n) is 5.86. The molecule has 1 atom stereocenters. The van der Waals surface area contributed by atoms with Crippen LogP contribution in [0.2, 0.25) is 0 Å². The molecule has 1 saturated heterocycles. The molecule has 0 aromatic heterocycles. The SMILES string of the molecule is C[C@@H]1CNCCN1S(=O)(=O)c1ccccc1C(=O)c1ccccc1.Cl. The van der Waals surface area contributed by atoms with Gasteiger partial charge < -0.3 is 5.32 Å². The number of sulfonamides is 1. The molecule has 3 rings (SSSR count). The summed E-state index contributed by atoms with van der Waals surface area (Å²) in [7, 11) is -3.72. The molecule has 1 heterocycles. The molecule has 1 aliphatic rings. The molecule has 5 nitrogen and oxygen atoms in total. The van der Waals surface area contributed by atoms with Crippen molar-refractivity contribution >= 4 is 28.2 Å². The zero-order valence-electron chi connectivity index (χ0n) is 13.9. The topological polar surface area (TPSA) is 66.5 Å². The van der Waals surface area contributed by atoms with Crippen LogP contribution in [-0.2, 0) is 10.0 Å². The van der Waals surface area contributed by atoms with Crippen LogP contribution >= 0.6 is 12.4 Å². The van der Waals surface area contributed by atoms with Crippen LogP contribution in [0.25, 0.3) is 0 Å². The molecule has 2 aromatic rings. The molecule has 0 radical (unpaired) electrons. The molecule has 25 heavy (non-hydrogen) atoms. The van der Waals surface area contributed by atoms with E-state index in [9.17, 15) is 13.2 Å². The Balaban J connectivity index is 0.00000225. The molecule has 7 heteroatoms. The van der Waals surface area contributed by atoms with E-state index in [2.05, 4.69) is 5.32 Å². The number of hydrogen-bond donors (Lipinski definition) is 1. The van der Waals surface area contributed by atoms with Crippen molar-refractivity contribution in [2.45, 2.75) is 17.9 Å². The number of piperazine rings is 1. The number of nitrogens with zero attached hydrogens (tertiary/aromatic N) is 1. The Morgan fingerprint density at radius 3 is 2.40 bits per heavy atom. The fraction of sp³-hybridized carbons (Fsp3) is 0.278. The highest BCUT2D eigenvalue weighted by atomic mass is 35.5. The third-order valence-electron chi connectivity index (χ3n) is 4.19. The predicted octanol–water partition coefficient (Wildman–Crippen LogP) is 2.32. The highest BCUT2D eigenvalue weighted by Gasteiger charge is 2.33. The summed E-state index contributed by atoms with van der Waals surface area (Å²) in [5.74, 6) is -0.280. The molecule has 0 spiro atoms. The molecule has 0 amide bonds. The van der Waals surface area contributed by atoms with Crippen molar-refractivity contribution in [2.24, 2.45) is 0 Å². The van der Waals surface area contributed by atoms with Crippen molar-refractivity contribution in [3.63, 3.8) is 0 Å². The largest absolute Gasteiger partial charge is 0.314 e. The van der Waals surface area contributed by atoms with E-state index >= 15 is 0 Å². The average molecular weight is 381 g/mol. The molecule has 1 N–H and O–H groups in total. The van der Waals surface area contributed by atoms with E-state index in [-0.39, 0.29) is 34.7 Å². The van der Waals surface area contributed by atoms with Crippen molar-refractivity contribution in [2.75, 3.05) is 19.6 Å². The van der Waals surface area contributed by atoms with Crippen molar-refractivity contribution < 1.29 is 13.2 Å². The normalized spacial score (nSPS) is 18.4. The summed E-state index contributed by atoms with van der Waals surface area (Å²) in [6.45, 7) is 3.48. The zero-order valence-corrected chi connectivity index (χ0v) is 15.5.